The van der Waals surface area contributed by atoms with Crippen LogP contribution in [0.2, 0.25) is 0 Å². The van der Waals surface area contributed by atoms with Gasteiger partial charge in [-0.25, -0.2) is 15.0 Å². The van der Waals surface area contributed by atoms with Gasteiger partial charge in [0.15, 0.2) is 5.82 Å². The van der Waals surface area contributed by atoms with Gasteiger partial charge >= 0.3 is 0 Å². The normalized spacial score (nSPS) is 11.6. The Hall–Kier alpha value is -3.07. The number of nitrogens with zero attached hydrogens (tertiary/aromatic N) is 3. The SMILES string of the molecule is c1ccc2c(c1)-c1cccc3c(-c4ncncn4)ccc-2c13. The van der Waals surface area contributed by atoms with Gasteiger partial charge in [0.25, 0.3) is 0 Å². The first kappa shape index (κ1) is 11.6. The van der Waals surface area contributed by atoms with Crippen LogP contribution in [0.3, 0.4) is 0 Å². The Balaban J connectivity index is 1.92. The molecule has 0 bridgehead atoms. The maximum absolute atomic E-state index is 4.31. The first-order valence-electron chi connectivity index (χ1n) is 7.21. The minimum Gasteiger partial charge on any atom is -0.225 e. The van der Waals surface area contributed by atoms with Crippen LogP contribution in [0.1, 0.15) is 0 Å². The van der Waals surface area contributed by atoms with Crippen molar-refractivity contribution in [1.82, 2.24) is 15.0 Å². The number of fused-ring (bicyclic) bond motifs is 3. The molecule has 5 rings (SSSR count). The third kappa shape index (κ3) is 1.42. The van der Waals surface area contributed by atoms with E-state index in [9.17, 15) is 0 Å². The topological polar surface area (TPSA) is 38.7 Å². The highest BCUT2D eigenvalue weighted by atomic mass is 15.0. The molecule has 3 nitrogen and oxygen atoms in total. The summed E-state index contributed by atoms with van der Waals surface area (Å²) in [5.41, 5.74) is 6.24. The van der Waals surface area contributed by atoms with E-state index in [0.29, 0.717) is 0 Å². The molecule has 4 aromatic rings. The third-order valence-corrected chi connectivity index (χ3v) is 4.28. The van der Waals surface area contributed by atoms with E-state index in [4.69, 9.17) is 0 Å². The zero-order chi connectivity index (χ0) is 14.5. The molecule has 1 aliphatic carbocycles. The summed E-state index contributed by atoms with van der Waals surface area (Å²) in [6.45, 7) is 0. The van der Waals surface area contributed by atoms with Crippen molar-refractivity contribution in [2.24, 2.45) is 0 Å². The number of hydrogen-bond donors (Lipinski definition) is 0. The first-order chi connectivity index (χ1) is 10.9. The second-order valence-corrected chi connectivity index (χ2v) is 5.40. The predicted octanol–water partition coefficient (Wildman–Crippen LogP) is 4.34. The second-order valence-electron chi connectivity index (χ2n) is 5.40. The Labute approximate surface area is 127 Å². The van der Waals surface area contributed by atoms with Crippen molar-refractivity contribution in [1.29, 1.82) is 0 Å². The summed E-state index contributed by atoms with van der Waals surface area (Å²) in [6.07, 6.45) is 3.08. The standard InChI is InChI=1S/C19H11N3/c1-2-5-13-12(4-1)14-6-3-7-15-17(9-8-16(13)18(14)15)19-21-10-20-11-22-19/h1-11H. The van der Waals surface area contributed by atoms with Gasteiger partial charge in [0.05, 0.1) is 0 Å². The van der Waals surface area contributed by atoms with Gasteiger partial charge < -0.3 is 0 Å². The lowest BCUT2D eigenvalue weighted by atomic mass is 9.98. The van der Waals surface area contributed by atoms with Crippen LogP contribution in [0, 0.1) is 0 Å². The van der Waals surface area contributed by atoms with Crippen LogP contribution in [-0.2, 0) is 0 Å². The van der Waals surface area contributed by atoms with Crippen molar-refractivity contribution >= 4 is 10.8 Å². The monoisotopic (exact) mass is 281 g/mol. The number of hydrogen-bond acceptors (Lipinski definition) is 3. The summed E-state index contributed by atoms with van der Waals surface area (Å²) in [5, 5.41) is 2.49. The van der Waals surface area contributed by atoms with Gasteiger partial charge in [-0.3, -0.25) is 0 Å². The first-order valence-corrected chi connectivity index (χ1v) is 7.21. The quantitative estimate of drug-likeness (QED) is 0.459. The van der Waals surface area contributed by atoms with E-state index in [-0.39, 0.29) is 0 Å². The van der Waals surface area contributed by atoms with Crippen LogP contribution < -0.4 is 0 Å². The average Bonchev–Trinajstić information content (AvgIpc) is 2.93. The molecule has 1 aliphatic rings. The van der Waals surface area contributed by atoms with Gasteiger partial charge in [-0.1, -0.05) is 48.5 Å². The van der Waals surface area contributed by atoms with Gasteiger partial charge in [0.2, 0.25) is 0 Å². The fourth-order valence-corrected chi connectivity index (χ4v) is 3.38. The highest BCUT2D eigenvalue weighted by molar-refractivity contribution is 6.18. The Morgan fingerprint density at radius 3 is 1.95 bits per heavy atom. The largest absolute Gasteiger partial charge is 0.225 e. The van der Waals surface area contributed by atoms with Gasteiger partial charge in [0.1, 0.15) is 12.7 Å². The molecule has 0 saturated carbocycles. The average molecular weight is 281 g/mol. The van der Waals surface area contributed by atoms with E-state index >= 15 is 0 Å². The maximum Gasteiger partial charge on any atom is 0.163 e. The molecule has 0 radical (unpaired) electrons. The van der Waals surface area contributed by atoms with Crippen LogP contribution in [0.25, 0.3) is 44.4 Å². The lowest BCUT2D eigenvalue weighted by Crippen LogP contribution is -1.90. The number of aromatic nitrogens is 3. The summed E-state index contributed by atoms with van der Waals surface area (Å²) < 4.78 is 0. The van der Waals surface area contributed by atoms with Crippen LogP contribution in [0.5, 0.6) is 0 Å². The predicted molar refractivity (Wildman–Crippen MR) is 87.2 cm³/mol. The van der Waals surface area contributed by atoms with Crippen LogP contribution in [0.4, 0.5) is 0 Å². The van der Waals surface area contributed by atoms with E-state index < -0.39 is 0 Å². The summed E-state index contributed by atoms with van der Waals surface area (Å²) in [5.74, 6) is 0.717. The highest BCUT2D eigenvalue weighted by Crippen LogP contribution is 2.48. The minimum atomic E-state index is 0.717. The maximum atomic E-state index is 4.31. The Bertz CT molecular complexity index is 994. The van der Waals surface area contributed by atoms with Crippen molar-refractivity contribution in [3.8, 4) is 33.6 Å². The smallest absolute Gasteiger partial charge is 0.163 e. The fourth-order valence-electron chi connectivity index (χ4n) is 3.38. The van der Waals surface area contributed by atoms with Crippen LogP contribution in [0.15, 0.2) is 67.3 Å². The zero-order valence-electron chi connectivity index (χ0n) is 11.7. The Morgan fingerprint density at radius 2 is 1.18 bits per heavy atom. The fraction of sp³-hybridized carbons (Fsp3) is 0. The summed E-state index contributed by atoms with van der Waals surface area (Å²) in [7, 11) is 0. The van der Waals surface area contributed by atoms with E-state index in [1.165, 1.54) is 33.0 Å². The molecular weight excluding hydrogens is 270 g/mol. The molecule has 3 aromatic carbocycles. The van der Waals surface area contributed by atoms with Crippen molar-refractivity contribution in [2.45, 2.75) is 0 Å². The van der Waals surface area contributed by atoms with Gasteiger partial charge in [-0.2, -0.15) is 0 Å². The van der Waals surface area contributed by atoms with Gasteiger partial charge in [-0.15, -0.1) is 0 Å². The lowest BCUT2D eigenvalue weighted by molar-refractivity contribution is 1.06. The molecule has 0 aliphatic heterocycles. The molecular formula is C19H11N3. The molecule has 22 heavy (non-hydrogen) atoms. The van der Waals surface area contributed by atoms with Crippen molar-refractivity contribution < 1.29 is 0 Å². The van der Waals surface area contributed by atoms with E-state index in [1.54, 1.807) is 12.7 Å². The molecule has 0 unspecified atom stereocenters. The van der Waals surface area contributed by atoms with Gasteiger partial charge in [-0.05, 0) is 39.1 Å². The van der Waals surface area contributed by atoms with E-state index in [1.807, 2.05) is 0 Å². The summed E-state index contributed by atoms with van der Waals surface area (Å²) in [4.78, 5) is 12.5. The molecule has 0 saturated heterocycles. The zero-order valence-corrected chi connectivity index (χ0v) is 11.7. The molecule has 1 aromatic heterocycles. The Morgan fingerprint density at radius 1 is 0.545 bits per heavy atom. The third-order valence-electron chi connectivity index (χ3n) is 4.28. The van der Waals surface area contributed by atoms with Crippen LogP contribution >= 0.6 is 0 Å². The molecule has 102 valence electrons. The summed E-state index contributed by atoms with van der Waals surface area (Å²) in [6, 6.07) is 19.3. The van der Waals surface area contributed by atoms with Gasteiger partial charge in [0, 0.05) is 5.56 Å². The molecule has 3 heteroatoms. The van der Waals surface area contributed by atoms with Crippen molar-refractivity contribution in [3.05, 3.63) is 67.3 Å². The molecule has 0 amide bonds. The Kier molecular flexibility index (Phi) is 2.22. The van der Waals surface area contributed by atoms with E-state index in [2.05, 4.69) is 69.5 Å². The minimum absolute atomic E-state index is 0.717. The molecule has 0 N–H and O–H groups in total. The lowest BCUT2D eigenvalue weighted by Gasteiger charge is -2.07. The molecule has 0 spiro atoms. The van der Waals surface area contributed by atoms with E-state index in [0.717, 1.165) is 11.4 Å². The van der Waals surface area contributed by atoms with Crippen molar-refractivity contribution in [3.63, 3.8) is 0 Å². The number of benzene rings is 3. The second kappa shape index (κ2) is 4.21. The summed E-state index contributed by atoms with van der Waals surface area (Å²) >= 11 is 0. The highest BCUT2D eigenvalue weighted by Gasteiger charge is 2.22. The van der Waals surface area contributed by atoms with Crippen LogP contribution in [-0.4, -0.2) is 15.0 Å². The molecule has 0 atom stereocenters. The molecule has 1 heterocycles. The molecule has 0 fully saturated rings. The van der Waals surface area contributed by atoms with Crippen molar-refractivity contribution in [2.75, 3.05) is 0 Å². The number of rotatable bonds is 1.